The lowest BCUT2D eigenvalue weighted by Gasteiger charge is -2.24. The fourth-order valence-electron chi connectivity index (χ4n) is 4.19. The van der Waals surface area contributed by atoms with Gasteiger partial charge in [0, 0.05) is 16.3 Å². The molecule has 0 N–H and O–H groups in total. The minimum Gasteiger partial charge on any atom is -0.302 e. The van der Waals surface area contributed by atoms with Gasteiger partial charge in [0.15, 0.2) is 0 Å². The first-order valence-electron chi connectivity index (χ1n) is 11.5. The van der Waals surface area contributed by atoms with Crippen LogP contribution >= 0.6 is 11.3 Å². The molecule has 1 heterocycles. The molecule has 0 aliphatic heterocycles. The first-order valence-corrected chi connectivity index (χ1v) is 12.3. The largest absolute Gasteiger partial charge is 0.302 e. The Hall–Kier alpha value is -3.88. The Morgan fingerprint density at radius 2 is 1.12 bits per heavy atom. The van der Waals surface area contributed by atoms with Crippen molar-refractivity contribution in [3.63, 3.8) is 0 Å². The number of hydrogen-bond acceptors (Lipinski definition) is 2. The molecule has 2 heteroatoms. The van der Waals surface area contributed by atoms with E-state index in [9.17, 15) is 0 Å². The highest BCUT2D eigenvalue weighted by Crippen LogP contribution is 2.40. The molecule has 0 radical (unpaired) electrons. The molecule has 0 fully saturated rings. The van der Waals surface area contributed by atoms with E-state index >= 15 is 0 Å². The lowest BCUT2D eigenvalue weighted by atomic mass is 9.97. The van der Waals surface area contributed by atoms with Gasteiger partial charge in [-0.1, -0.05) is 84.9 Å². The van der Waals surface area contributed by atoms with Gasteiger partial charge in [0.25, 0.3) is 0 Å². The Morgan fingerprint density at radius 3 is 1.62 bits per heavy atom. The number of nitrogens with zero attached hydrogens (tertiary/aromatic N) is 1. The molecule has 5 rings (SSSR count). The highest BCUT2D eigenvalue weighted by molar-refractivity contribution is 7.17. The molecule has 0 atom stereocenters. The Labute approximate surface area is 206 Å². The molecule has 4 aromatic carbocycles. The number of hydrogen-bond donors (Lipinski definition) is 0. The molecular formula is C32H27NS. The third-order valence-electron chi connectivity index (χ3n) is 5.81. The molecule has 1 nitrogen and oxygen atoms in total. The predicted octanol–water partition coefficient (Wildman–Crippen LogP) is 9.42. The molecule has 0 aliphatic rings. The van der Waals surface area contributed by atoms with E-state index in [0.717, 1.165) is 0 Å². The second-order valence-electron chi connectivity index (χ2n) is 8.48. The molecule has 0 saturated heterocycles. The van der Waals surface area contributed by atoms with Gasteiger partial charge < -0.3 is 4.90 Å². The van der Waals surface area contributed by atoms with Crippen LogP contribution in [0.3, 0.4) is 0 Å². The molecule has 0 saturated carbocycles. The van der Waals surface area contributed by atoms with Crippen LogP contribution in [0.15, 0.2) is 121 Å². The fraction of sp³-hybridized carbons (Fsp3) is 0.0625. The zero-order chi connectivity index (χ0) is 23.3. The molecule has 0 aliphatic carbocycles. The number of benzene rings is 4. The van der Waals surface area contributed by atoms with Crippen LogP contribution in [0, 0.1) is 13.8 Å². The standard InChI is InChI=1S/C32H27NS/c1-24-11-9-17-28(21-24)33(29-18-10-12-25(2)22-29)32-20-19-30(34-32)23-31(26-13-5-3-6-14-26)27-15-7-4-8-16-27/h3-23H,1-2H3. The van der Waals surface area contributed by atoms with Crippen molar-refractivity contribution in [2.24, 2.45) is 0 Å². The average molecular weight is 458 g/mol. The molecule has 34 heavy (non-hydrogen) atoms. The Bertz CT molecular complexity index is 1330. The number of rotatable bonds is 6. The molecular weight excluding hydrogens is 430 g/mol. The Kier molecular flexibility index (Phi) is 6.42. The summed E-state index contributed by atoms with van der Waals surface area (Å²) in [5.41, 5.74) is 8.52. The van der Waals surface area contributed by atoms with Crippen LogP contribution in [0.4, 0.5) is 16.4 Å². The highest BCUT2D eigenvalue weighted by Gasteiger charge is 2.15. The molecule has 1 aromatic heterocycles. The van der Waals surface area contributed by atoms with Gasteiger partial charge in [0.2, 0.25) is 0 Å². The maximum absolute atomic E-state index is 2.35. The van der Waals surface area contributed by atoms with Crippen molar-refractivity contribution in [2.75, 3.05) is 4.90 Å². The second kappa shape index (κ2) is 9.94. The third-order valence-corrected chi connectivity index (χ3v) is 6.83. The summed E-state index contributed by atoms with van der Waals surface area (Å²) in [4.78, 5) is 3.58. The van der Waals surface area contributed by atoms with Crippen molar-refractivity contribution in [1.29, 1.82) is 0 Å². The van der Waals surface area contributed by atoms with Gasteiger partial charge in [0.05, 0.1) is 0 Å². The van der Waals surface area contributed by atoms with Gasteiger partial charge in [-0.25, -0.2) is 0 Å². The Morgan fingerprint density at radius 1 is 0.588 bits per heavy atom. The van der Waals surface area contributed by atoms with Crippen LogP contribution in [0.2, 0.25) is 0 Å². The van der Waals surface area contributed by atoms with E-state index in [2.05, 4.69) is 146 Å². The first kappa shape index (κ1) is 21.9. The van der Waals surface area contributed by atoms with Crippen molar-refractivity contribution in [2.45, 2.75) is 13.8 Å². The van der Waals surface area contributed by atoms with Gasteiger partial charge in [-0.3, -0.25) is 0 Å². The van der Waals surface area contributed by atoms with E-state index in [-0.39, 0.29) is 0 Å². The van der Waals surface area contributed by atoms with Gasteiger partial charge in [-0.2, -0.15) is 0 Å². The molecule has 166 valence electrons. The number of thiophene rings is 1. The quantitative estimate of drug-likeness (QED) is 0.245. The first-order chi connectivity index (χ1) is 16.7. The fourth-order valence-corrected chi connectivity index (χ4v) is 5.18. The summed E-state index contributed by atoms with van der Waals surface area (Å²) in [7, 11) is 0. The maximum Gasteiger partial charge on any atom is 0.100 e. The van der Waals surface area contributed by atoms with Crippen molar-refractivity contribution < 1.29 is 0 Å². The van der Waals surface area contributed by atoms with Gasteiger partial charge >= 0.3 is 0 Å². The van der Waals surface area contributed by atoms with E-state index < -0.39 is 0 Å². The topological polar surface area (TPSA) is 3.24 Å². The molecule has 0 unspecified atom stereocenters. The van der Waals surface area contributed by atoms with Gasteiger partial charge in [-0.15, -0.1) is 11.3 Å². The zero-order valence-electron chi connectivity index (χ0n) is 19.5. The summed E-state index contributed by atoms with van der Waals surface area (Å²) in [6, 6.07) is 43.1. The summed E-state index contributed by atoms with van der Waals surface area (Å²) in [6.45, 7) is 4.29. The third kappa shape index (κ3) is 4.88. The normalized spacial score (nSPS) is 10.6. The van der Waals surface area contributed by atoms with E-state index in [1.54, 1.807) is 0 Å². The minimum absolute atomic E-state index is 1.18. The van der Waals surface area contributed by atoms with Crippen LogP contribution in [0.1, 0.15) is 27.1 Å². The lowest BCUT2D eigenvalue weighted by Crippen LogP contribution is -2.08. The van der Waals surface area contributed by atoms with Gasteiger partial charge in [-0.05, 0) is 84.1 Å². The van der Waals surface area contributed by atoms with Crippen LogP contribution in [0.5, 0.6) is 0 Å². The molecule has 5 aromatic rings. The summed E-state index contributed by atoms with van der Waals surface area (Å²) < 4.78 is 0. The van der Waals surface area contributed by atoms with Crippen molar-refractivity contribution in [3.8, 4) is 0 Å². The molecule has 0 spiro atoms. The smallest absolute Gasteiger partial charge is 0.100 e. The van der Waals surface area contributed by atoms with Crippen molar-refractivity contribution in [1.82, 2.24) is 0 Å². The van der Waals surface area contributed by atoms with E-state index in [1.165, 1.54) is 49.1 Å². The lowest BCUT2D eigenvalue weighted by molar-refractivity contribution is 1.29. The number of anilines is 3. The van der Waals surface area contributed by atoms with Crippen LogP contribution in [-0.2, 0) is 0 Å². The molecule has 0 amide bonds. The van der Waals surface area contributed by atoms with Crippen molar-refractivity contribution in [3.05, 3.63) is 148 Å². The summed E-state index contributed by atoms with van der Waals surface area (Å²) in [5.74, 6) is 0. The zero-order valence-corrected chi connectivity index (χ0v) is 20.3. The highest BCUT2D eigenvalue weighted by atomic mass is 32.1. The van der Waals surface area contributed by atoms with Crippen molar-refractivity contribution >= 4 is 39.4 Å². The van der Waals surface area contributed by atoms with Crippen LogP contribution < -0.4 is 4.90 Å². The second-order valence-corrected chi connectivity index (χ2v) is 9.57. The van der Waals surface area contributed by atoms with Gasteiger partial charge in [0.1, 0.15) is 5.00 Å². The van der Waals surface area contributed by atoms with Crippen LogP contribution in [-0.4, -0.2) is 0 Å². The van der Waals surface area contributed by atoms with E-state index in [1.807, 2.05) is 11.3 Å². The minimum atomic E-state index is 1.18. The maximum atomic E-state index is 2.35. The molecule has 0 bridgehead atoms. The SMILES string of the molecule is Cc1cccc(N(c2cccc(C)c2)c2ccc(C=C(c3ccccc3)c3ccccc3)s2)c1. The number of aryl methyl sites for hydroxylation is 2. The summed E-state index contributed by atoms with van der Waals surface area (Å²) in [6.07, 6.45) is 2.31. The summed E-state index contributed by atoms with van der Waals surface area (Å²) >= 11 is 1.81. The predicted molar refractivity (Wildman–Crippen MR) is 148 cm³/mol. The van der Waals surface area contributed by atoms with E-state index in [0.29, 0.717) is 0 Å². The van der Waals surface area contributed by atoms with E-state index in [4.69, 9.17) is 0 Å². The van der Waals surface area contributed by atoms with Crippen LogP contribution in [0.25, 0.3) is 11.6 Å². The Balaban J connectivity index is 1.60. The monoisotopic (exact) mass is 457 g/mol. The summed E-state index contributed by atoms with van der Waals surface area (Å²) in [5, 5.41) is 1.20. The average Bonchev–Trinajstić information content (AvgIpc) is 3.32.